The third-order valence-corrected chi connectivity index (χ3v) is 4.31. The second-order valence-corrected chi connectivity index (χ2v) is 6.20. The molecular weight excluding hydrogens is 270 g/mol. The van der Waals surface area contributed by atoms with E-state index in [1.807, 2.05) is 19.1 Å². The number of rotatable bonds is 4. The predicted molar refractivity (Wildman–Crippen MR) is 75.9 cm³/mol. The van der Waals surface area contributed by atoms with E-state index in [1.54, 1.807) is 4.90 Å². The molecule has 1 aliphatic heterocycles. The third-order valence-electron chi connectivity index (χ3n) is 4.31. The van der Waals surface area contributed by atoms with Crippen LogP contribution in [-0.2, 0) is 27.2 Å². The maximum atomic E-state index is 12.5. The van der Waals surface area contributed by atoms with Gasteiger partial charge in [-0.1, -0.05) is 24.3 Å². The van der Waals surface area contributed by atoms with Crippen molar-refractivity contribution in [1.82, 2.24) is 4.90 Å². The fourth-order valence-corrected chi connectivity index (χ4v) is 3.24. The molecule has 0 spiro atoms. The van der Waals surface area contributed by atoms with Gasteiger partial charge in [-0.3, -0.25) is 4.79 Å². The summed E-state index contributed by atoms with van der Waals surface area (Å²) in [5, 5.41) is 8.64. The molecule has 1 fully saturated rings. The van der Waals surface area contributed by atoms with Crippen LogP contribution in [0.25, 0.3) is 0 Å². The summed E-state index contributed by atoms with van der Waals surface area (Å²) in [5.74, 6) is -0.804. The van der Waals surface area contributed by atoms with Gasteiger partial charge in [0, 0.05) is 5.92 Å². The van der Waals surface area contributed by atoms with Gasteiger partial charge in [0.15, 0.2) is 0 Å². The van der Waals surface area contributed by atoms with E-state index >= 15 is 0 Å². The minimum atomic E-state index is -0.979. The highest BCUT2D eigenvalue weighted by Gasteiger charge is 2.45. The number of carboxylic acids is 1. The monoisotopic (exact) mass is 289 g/mol. The number of hydrogen-bond donors (Lipinski definition) is 1. The Morgan fingerprint density at radius 3 is 2.38 bits per heavy atom. The Bertz CT molecular complexity index is 552. The van der Waals surface area contributed by atoms with Crippen molar-refractivity contribution >= 4 is 11.9 Å². The molecular formula is C16H19NO4. The smallest absolute Gasteiger partial charge is 0.329 e. The number of nitrogens with zero attached hydrogens (tertiary/aromatic N) is 1. The van der Waals surface area contributed by atoms with Gasteiger partial charge < -0.3 is 14.7 Å². The van der Waals surface area contributed by atoms with Crippen molar-refractivity contribution in [2.24, 2.45) is 5.92 Å². The number of fused-ring (bicyclic) bond motifs is 1. The Morgan fingerprint density at radius 1 is 1.29 bits per heavy atom. The third kappa shape index (κ3) is 2.78. The van der Waals surface area contributed by atoms with E-state index in [4.69, 9.17) is 9.84 Å². The molecule has 1 saturated heterocycles. The minimum Gasteiger partial charge on any atom is -0.480 e. The topological polar surface area (TPSA) is 66.8 Å². The fraction of sp³-hybridized carbons (Fsp3) is 0.500. The summed E-state index contributed by atoms with van der Waals surface area (Å²) in [6, 6.07) is 8.18. The maximum absolute atomic E-state index is 12.5. The standard InChI is InChI=1S/C16H19NO4/c1-16(21-8-14(18)19)9-17(10-16)15(20)13-6-11-4-2-3-5-12(11)7-13/h2-5,13H,6-10H2,1H3,(H,18,19). The summed E-state index contributed by atoms with van der Waals surface area (Å²) < 4.78 is 5.34. The van der Waals surface area contributed by atoms with E-state index in [2.05, 4.69) is 12.1 Å². The van der Waals surface area contributed by atoms with Crippen molar-refractivity contribution in [2.45, 2.75) is 25.4 Å². The lowest BCUT2D eigenvalue weighted by atomic mass is 9.93. The summed E-state index contributed by atoms with van der Waals surface area (Å²) in [7, 11) is 0. The molecule has 0 aromatic heterocycles. The van der Waals surface area contributed by atoms with Crippen molar-refractivity contribution in [2.75, 3.05) is 19.7 Å². The minimum absolute atomic E-state index is 0.0198. The van der Waals surface area contributed by atoms with Crippen LogP contribution >= 0.6 is 0 Å². The van der Waals surface area contributed by atoms with Gasteiger partial charge in [0.1, 0.15) is 12.2 Å². The van der Waals surface area contributed by atoms with Gasteiger partial charge >= 0.3 is 5.97 Å². The Hall–Kier alpha value is -1.88. The number of hydrogen-bond acceptors (Lipinski definition) is 3. The number of ether oxygens (including phenoxy) is 1. The van der Waals surface area contributed by atoms with Gasteiger partial charge in [-0.2, -0.15) is 0 Å². The molecule has 2 aliphatic rings. The van der Waals surface area contributed by atoms with E-state index < -0.39 is 11.6 Å². The first-order chi connectivity index (χ1) is 9.97. The molecule has 0 unspecified atom stereocenters. The first-order valence-electron chi connectivity index (χ1n) is 7.18. The summed E-state index contributed by atoms with van der Waals surface area (Å²) in [6.45, 7) is 2.49. The van der Waals surface area contributed by atoms with Crippen molar-refractivity contribution in [3.8, 4) is 0 Å². The second kappa shape index (κ2) is 5.15. The molecule has 1 amide bonds. The average molecular weight is 289 g/mol. The van der Waals surface area contributed by atoms with Crippen molar-refractivity contribution in [3.05, 3.63) is 35.4 Å². The highest BCUT2D eigenvalue weighted by Crippen LogP contribution is 2.32. The van der Waals surface area contributed by atoms with Crippen molar-refractivity contribution in [3.63, 3.8) is 0 Å². The molecule has 1 aromatic carbocycles. The highest BCUT2D eigenvalue weighted by molar-refractivity contribution is 5.81. The molecule has 0 saturated carbocycles. The normalized spacial score (nSPS) is 20.0. The van der Waals surface area contributed by atoms with E-state index in [-0.39, 0.29) is 18.4 Å². The summed E-state index contributed by atoms with van der Waals surface area (Å²) in [4.78, 5) is 24.8. The van der Waals surface area contributed by atoms with Crippen LogP contribution in [0.2, 0.25) is 0 Å². The van der Waals surface area contributed by atoms with Gasteiger partial charge in [0.2, 0.25) is 5.91 Å². The number of carbonyl (C=O) groups excluding carboxylic acids is 1. The largest absolute Gasteiger partial charge is 0.480 e. The van der Waals surface area contributed by atoms with Crippen LogP contribution in [-0.4, -0.2) is 47.2 Å². The van der Waals surface area contributed by atoms with E-state index in [9.17, 15) is 9.59 Å². The molecule has 0 bridgehead atoms. The van der Waals surface area contributed by atoms with Crippen LogP contribution in [0.4, 0.5) is 0 Å². The number of carboxylic acid groups (broad SMARTS) is 1. The molecule has 1 N–H and O–H groups in total. The predicted octanol–water partition coefficient (Wildman–Crippen LogP) is 1.10. The molecule has 5 nitrogen and oxygen atoms in total. The van der Waals surface area contributed by atoms with Gasteiger partial charge in [0.25, 0.3) is 0 Å². The molecule has 1 aliphatic carbocycles. The lowest BCUT2D eigenvalue weighted by Crippen LogP contribution is -2.64. The lowest BCUT2D eigenvalue weighted by molar-refractivity contribution is -0.175. The zero-order valence-electron chi connectivity index (χ0n) is 12.0. The van der Waals surface area contributed by atoms with Crippen molar-refractivity contribution in [1.29, 1.82) is 0 Å². The molecule has 0 atom stereocenters. The Morgan fingerprint density at radius 2 is 1.86 bits per heavy atom. The molecule has 0 radical (unpaired) electrons. The number of amides is 1. The van der Waals surface area contributed by atoms with Gasteiger partial charge in [-0.25, -0.2) is 4.79 Å². The van der Waals surface area contributed by atoms with E-state index in [0.29, 0.717) is 13.1 Å². The van der Waals surface area contributed by atoms with Crippen LogP contribution in [0.15, 0.2) is 24.3 Å². The molecule has 1 heterocycles. The molecule has 112 valence electrons. The SMILES string of the molecule is CC1(OCC(=O)O)CN(C(=O)C2Cc3ccccc3C2)C1. The first kappa shape index (κ1) is 14.1. The Balaban J connectivity index is 1.54. The Labute approximate surface area is 123 Å². The van der Waals surface area contributed by atoms with E-state index in [1.165, 1.54) is 11.1 Å². The second-order valence-electron chi connectivity index (χ2n) is 6.20. The number of carbonyl (C=O) groups is 2. The molecule has 5 heteroatoms. The Kier molecular flexibility index (Phi) is 3.45. The van der Waals surface area contributed by atoms with E-state index in [0.717, 1.165) is 12.8 Å². The summed E-state index contributed by atoms with van der Waals surface area (Å²) >= 11 is 0. The van der Waals surface area contributed by atoms with Crippen LogP contribution in [0, 0.1) is 5.92 Å². The summed E-state index contributed by atoms with van der Waals surface area (Å²) in [5.41, 5.74) is 2.02. The maximum Gasteiger partial charge on any atom is 0.329 e. The number of benzene rings is 1. The average Bonchev–Trinajstić information content (AvgIpc) is 2.85. The van der Waals surface area contributed by atoms with Crippen LogP contribution in [0.1, 0.15) is 18.1 Å². The first-order valence-corrected chi connectivity index (χ1v) is 7.18. The lowest BCUT2D eigenvalue weighted by Gasteiger charge is -2.48. The number of likely N-dealkylation sites (tertiary alicyclic amines) is 1. The fourth-order valence-electron chi connectivity index (χ4n) is 3.24. The summed E-state index contributed by atoms with van der Waals surface area (Å²) in [6.07, 6.45) is 1.61. The number of aliphatic carboxylic acids is 1. The highest BCUT2D eigenvalue weighted by atomic mass is 16.5. The zero-order valence-corrected chi connectivity index (χ0v) is 12.0. The molecule has 3 rings (SSSR count). The zero-order chi connectivity index (χ0) is 15.0. The van der Waals surface area contributed by atoms with Crippen LogP contribution < -0.4 is 0 Å². The van der Waals surface area contributed by atoms with Gasteiger partial charge in [-0.05, 0) is 30.9 Å². The van der Waals surface area contributed by atoms with Crippen molar-refractivity contribution < 1.29 is 19.4 Å². The molecule has 21 heavy (non-hydrogen) atoms. The molecule has 1 aromatic rings. The van der Waals surface area contributed by atoms with Gasteiger partial charge in [0.05, 0.1) is 13.1 Å². The van der Waals surface area contributed by atoms with Crippen LogP contribution in [0.3, 0.4) is 0 Å². The quantitative estimate of drug-likeness (QED) is 0.901. The van der Waals surface area contributed by atoms with Crippen LogP contribution in [0.5, 0.6) is 0 Å². The van der Waals surface area contributed by atoms with Gasteiger partial charge in [-0.15, -0.1) is 0 Å².